The van der Waals surface area contributed by atoms with Crippen LogP contribution in [0, 0.1) is 19.7 Å². The van der Waals surface area contributed by atoms with Crippen LogP contribution in [0.4, 0.5) is 4.39 Å². The van der Waals surface area contributed by atoms with Gasteiger partial charge in [-0.25, -0.2) is 9.37 Å². The second-order valence-corrected chi connectivity index (χ2v) is 4.47. The highest BCUT2D eigenvalue weighted by atomic mass is 19.1. The molecular weight excluding hydrogens is 229 g/mol. The van der Waals surface area contributed by atoms with Gasteiger partial charge in [-0.15, -0.1) is 0 Å². The maximum absolute atomic E-state index is 14.0. The molecule has 4 heteroatoms. The molecule has 0 amide bonds. The zero-order chi connectivity index (χ0) is 13.3. The zero-order valence-electron chi connectivity index (χ0n) is 11.2. The third-order valence-corrected chi connectivity index (χ3v) is 3.41. The number of hydrogen-bond acceptors (Lipinski definition) is 2. The van der Waals surface area contributed by atoms with Crippen LogP contribution in [0.5, 0.6) is 0 Å². The van der Waals surface area contributed by atoms with Crippen LogP contribution in [-0.4, -0.2) is 16.6 Å². The number of aromatic nitrogens is 2. The second kappa shape index (κ2) is 4.90. The lowest BCUT2D eigenvalue weighted by Crippen LogP contribution is -2.17. The minimum atomic E-state index is -0.194. The van der Waals surface area contributed by atoms with Gasteiger partial charge in [-0.2, -0.15) is 0 Å². The van der Waals surface area contributed by atoms with Gasteiger partial charge in [-0.05, 0) is 40.0 Å². The normalized spacial score (nSPS) is 12.7. The maximum atomic E-state index is 14.0. The molecule has 1 aromatic carbocycles. The third-order valence-electron chi connectivity index (χ3n) is 3.41. The SMILES string of the molecule is CNC(C)c1c(F)cccc1-n1cnc(C)c1C. The standard InChI is InChI=1S/C14H18FN3/c1-9-11(3)18(8-17-9)13-7-5-6-12(15)14(13)10(2)16-4/h5-8,10,16H,1-4H3. The Labute approximate surface area is 107 Å². The summed E-state index contributed by atoms with van der Waals surface area (Å²) in [6.07, 6.45) is 1.74. The number of nitrogens with zero attached hydrogens (tertiary/aromatic N) is 2. The fourth-order valence-corrected chi connectivity index (χ4v) is 2.05. The summed E-state index contributed by atoms with van der Waals surface area (Å²) in [4.78, 5) is 4.27. The lowest BCUT2D eigenvalue weighted by molar-refractivity contribution is 0.558. The number of hydrogen-bond donors (Lipinski definition) is 1. The molecule has 1 unspecified atom stereocenters. The van der Waals surface area contributed by atoms with Crippen molar-refractivity contribution in [3.05, 3.63) is 47.3 Å². The Bertz CT molecular complexity index is 560. The van der Waals surface area contributed by atoms with Crippen molar-refractivity contribution in [3.63, 3.8) is 0 Å². The molecule has 1 aromatic heterocycles. The molecule has 0 radical (unpaired) electrons. The Morgan fingerprint density at radius 1 is 1.33 bits per heavy atom. The van der Waals surface area contributed by atoms with Crippen LogP contribution < -0.4 is 5.32 Å². The molecule has 1 heterocycles. The molecule has 1 atom stereocenters. The van der Waals surface area contributed by atoms with E-state index < -0.39 is 0 Å². The van der Waals surface area contributed by atoms with Crippen molar-refractivity contribution in [1.82, 2.24) is 14.9 Å². The Balaban J connectivity index is 2.64. The lowest BCUT2D eigenvalue weighted by Gasteiger charge is -2.18. The Morgan fingerprint density at radius 3 is 2.61 bits per heavy atom. The van der Waals surface area contributed by atoms with Gasteiger partial charge >= 0.3 is 0 Å². The van der Waals surface area contributed by atoms with Crippen molar-refractivity contribution in [2.45, 2.75) is 26.8 Å². The molecule has 0 aliphatic rings. The van der Waals surface area contributed by atoms with Crippen molar-refractivity contribution < 1.29 is 4.39 Å². The van der Waals surface area contributed by atoms with E-state index in [1.54, 1.807) is 12.4 Å². The van der Waals surface area contributed by atoms with E-state index in [9.17, 15) is 4.39 Å². The van der Waals surface area contributed by atoms with Gasteiger partial charge in [0.1, 0.15) is 5.82 Å². The molecule has 2 aromatic rings. The van der Waals surface area contributed by atoms with Crippen LogP contribution in [0.1, 0.15) is 29.9 Å². The van der Waals surface area contributed by atoms with Crippen LogP contribution in [0.3, 0.4) is 0 Å². The molecule has 3 nitrogen and oxygen atoms in total. The van der Waals surface area contributed by atoms with Gasteiger partial charge in [0.05, 0.1) is 17.7 Å². The number of benzene rings is 1. The molecule has 2 rings (SSSR count). The van der Waals surface area contributed by atoms with Crippen LogP contribution >= 0.6 is 0 Å². The quantitative estimate of drug-likeness (QED) is 0.903. The van der Waals surface area contributed by atoms with Gasteiger partial charge in [0.15, 0.2) is 0 Å². The van der Waals surface area contributed by atoms with E-state index in [4.69, 9.17) is 0 Å². The minimum absolute atomic E-state index is 0.0525. The van der Waals surface area contributed by atoms with E-state index in [1.807, 2.05) is 38.5 Å². The van der Waals surface area contributed by atoms with Gasteiger partial charge in [0.2, 0.25) is 0 Å². The first-order valence-electron chi connectivity index (χ1n) is 6.02. The van der Waals surface area contributed by atoms with E-state index in [0.29, 0.717) is 5.56 Å². The molecular formula is C14H18FN3. The van der Waals surface area contributed by atoms with Gasteiger partial charge in [0, 0.05) is 17.3 Å². The van der Waals surface area contributed by atoms with Crippen molar-refractivity contribution in [2.24, 2.45) is 0 Å². The van der Waals surface area contributed by atoms with E-state index in [0.717, 1.165) is 17.1 Å². The first-order valence-corrected chi connectivity index (χ1v) is 6.02. The van der Waals surface area contributed by atoms with E-state index in [2.05, 4.69) is 10.3 Å². The minimum Gasteiger partial charge on any atom is -0.313 e. The number of imidazole rings is 1. The molecule has 0 aliphatic heterocycles. The first kappa shape index (κ1) is 12.8. The lowest BCUT2D eigenvalue weighted by atomic mass is 10.0. The summed E-state index contributed by atoms with van der Waals surface area (Å²) >= 11 is 0. The number of halogens is 1. The van der Waals surface area contributed by atoms with Gasteiger partial charge in [0.25, 0.3) is 0 Å². The first-order chi connectivity index (χ1) is 8.56. The van der Waals surface area contributed by atoms with Crippen molar-refractivity contribution in [3.8, 4) is 5.69 Å². The van der Waals surface area contributed by atoms with Crippen molar-refractivity contribution in [2.75, 3.05) is 7.05 Å². The summed E-state index contributed by atoms with van der Waals surface area (Å²) < 4.78 is 16.0. The Morgan fingerprint density at radius 2 is 2.06 bits per heavy atom. The molecule has 0 saturated carbocycles. The fourth-order valence-electron chi connectivity index (χ4n) is 2.05. The van der Waals surface area contributed by atoms with Crippen molar-refractivity contribution >= 4 is 0 Å². The number of aryl methyl sites for hydroxylation is 1. The van der Waals surface area contributed by atoms with Gasteiger partial charge < -0.3 is 9.88 Å². The summed E-state index contributed by atoms with van der Waals surface area (Å²) in [6.45, 7) is 5.88. The summed E-state index contributed by atoms with van der Waals surface area (Å²) in [5.74, 6) is -0.194. The zero-order valence-corrected chi connectivity index (χ0v) is 11.2. The highest BCUT2D eigenvalue weighted by Crippen LogP contribution is 2.26. The molecule has 18 heavy (non-hydrogen) atoms. The maximum Gasteiger partial charge on any atom is 0.130 e. The van der Waals surface area contributed by atoms with Crippen LogP contribution in [0.15, 0.2) is 24.5 Å². The summed E-state index contributed by atoms with van der Waals surface area (Å²) in [5, 5.41) is 3.08. The predicted octanol–water partition coefficient (Wildman–Crippen LogP) is 2.91. The van der Waals surface area contributed by atoms with Crippen LogP contribution in [-0.2, 0) is 0 Å². The largest absolute Gasteiger partial charge is 0.313 e. The highest BCUT2D eigenvalue weighted by Gasteiger charge is 2.16. The van der Waals surface area contributed by atoms with Crippen molar-refractivity contribution in [1.29, 1.82) is 0 Å². The molecule has 0 bridgehead atoms. The summed E-state index contributed by atoms with van der Waals surface area (Å²) in [7, 11) is 1.83. The molecule has 0 spiro atoms. The summed E-state index contributed by atoms with van der Waals surface area (Å²) in [6, 6.07) is 5.08. The molecule has 0 aliphatic carbocycles. The van der Waals surface area contributed by atoms with Gasteiger partial charge in [-0.1, -0.05) is 6.07 Å². The smallest absolute Gasteiger partial charge is 0.130 e. The fraction of sp³-hybridized carbons (Fsp3) is 0.357. The second-order valence-electron chi connectivity index (χ2n) is 4.47. The number of rotatable bonds is 3. The summed E-state index contributed by atoms with van der Waals surface area (Å²) in [5.41, 5.74) is 3.50. The monoisotopic (exact) mass is 247 g/mol. The van der Waals surface area contributed by atoms with Gasteiger partial charge in [-0.3, -0.25) is 0 Å². The molecule has 0 fully saturated rings. The van der Waals surface area contributed by atoms with Crippen LogP contribution in [0.25, 0.3) is 5.69 Å². The Kier molecular flexibility index (Phi) is 3.48. The van der Waals surface area contributed by atoms with E-state index >= 15 is 0 Å². The van der Waals surface area contributed by atoms with E-state index in [1.165, 1.54) is 6.07 Å². The average Bonchev–Trinajstić information content (AvgIpc) is 2.69. The Hall–Kier alpha value is -1.68. The highest BCUT2D eigenvalue weighted by molar-refractivity contribution is 5.45. The predicted molar refractivity (Wildman–Crippen MR) is 70.5 cm³/mol. The molecule has 1 N–H and O–H groups in total. The third kappa shape index (κ3) is 2.04. The average molecular weight is 247 g/mol. The van der Waals surface area contributed by atoms with Crippen LogP contribution in [0.2, 0.25) is 0 Å². The molecule has 96 valence electrons. The van der Waals surface area contributed by atoms with E-state index in [-0.39, 0.29) is 11.9 Å². The molecule has 0 saturated heterocycles. The topological polar surface area (TPSA) is 29.9 Å². The number of nitrogens with one attached hydrogen (secondary N) is 1.